The smallest absolute Gasteiger partial charge is 0.123 e. The molecule has 0 saturated carbocycles. The topological polar surface area (TPSA) is 41.5 Å². The van der Waals surface area contributed by atoms with Crippen LogP contribution < -0.4 is 5.32 Å². The molecule has 2 N–H and O–H groups in total. The van der Waals surface area contributed by atoms with Crippen molar-refractivity contribution in [2.75, 3.05) is 20.3 Å². The molecule has 0 radical (unpaired) electrons. The van der Waals surface area contributed by atoms with Crippen LogP contribution in [0.1, 0.15) is 11.1 Å². The third-order valence-corrected chi connectivity index (χ3v) is 2.60. The number of phenolic OH excluding ortho intramolecular Hbond substituents is 1. The van der Waals surface area contributed by atoms with Crippen LogP contribution in [0.3, 0.4) is 0 Å². The number of hydrogen-bond donors (Lipinski definition) is 2. The van der Waals surface area contributed by atoms with E-state index in [1.165, 1.54) is 0 Å². The maximum Gasteiger partial charge on any atom is 0.123 e. The molecule has 3 nitrogen and oxygen atoms in total. The van der Waals surface area contributed by atoms with Crippen molar-refractivity contribution in [3.8, 4) is 5.75 Å². The molecule has 4 heteroatoms. The molecule has 1 aromatic carbocycles. The molecule has 0 unspecified atom stereocenters. The first-order valence-corrected chi connectivity index (χ1v) is 5.62. The van der Waals surface area contributed by atoms with Gasteiger partial charge in [-0.05, 0) is 24.6 Å². The summed E-state index contributed by atoms with van der Waals surface area (Å²) >= 11 is 3.41. The zero-order valence-electron chi connectivity index (χ0n) is 9.01. The summed E-state index contributed by atoms with van der Waals surface area (Å²) < 4.78 is 5.91. The Labute approximate surface area is 98.6 Å². The zero-order chi connectivity index (χ0) is 11.3. The lowest BCUT2D eigenvalue weighted by Gasteiger charge is -2.09. The van der Waals surface area contributed by atoms with Gasteiger partial charge in [-0.3, -0.25) is 0 Å². The molecule has 1 rings (SSSR count). The van der Waals surface area contributed by atoms with E-state index in [2.05, 4.69) is 21.2 Å². The average Bonchev–Trinajstić information content (AvgIpc) is 2.19. The first-order valence-electron chi connectivity index (χ1n) is 4.82. The summed E-state index contributed by atoms with van der Waals surface area (Å²) in [5, 5.41) is 13.0. The highest BCUT2D eigenvalue weighted by atomic mass is 79.9. The monoisotopic (exact) mass is 273 g/mol. The van der Waals surface area contributed by atoms with E-state index < -0.39 is 0 Å². The minimum absolute atomic E-state index is 0.364. The number of phenols is 1. The molecule has 0 heterocycles. The predicted molar refractivity (Wildman–Crippen MR) is 64.1 cm³/mol. The second-order valence-electron chi connectivity index (χ2n) is 3.40. The second-order valence-corrected chi connectivity index (χ2v) is 4.32. The summed E-state index contributed by atoms with van der Waals surface area (Å²) in [5.41, 5.74) is 1.78. The van der Waals surface area contributed by atoms with Crippen LogP contribution in [0.2, 0.25) is 0 Å². The van der Waals surface area contributed by atoms with Crippen LogP contribution in [0.5, 0.6) is 5.75 Å². The molecular formula is C11H16BrNO2. The van der Waals surface area contributed by atoms with Crippen molar-refractivity contribution in [3.63, 3.8) is 0 Å². The molecule has 0 aliphatic heterocycles. The Morgan fingerprint density at radius 1 is 1.47 bits per heavy atom. The fourth-order valence-electron chi connectivity index (χ4n) is 1.34. The van der Waals surface area contributed by atoms with Gasteiger partial charge in [-0.2, -0.15) is 0 Å². The normalized spacial score (nSPS) is 10.6. The van der Waals surface area contributed by atoms with Gasteiger partial charge in [0.1, 0.15) is 5.75 Å². The Balaban J connectivity index is 2.60. The Hall–Kier alpha value is -0.580. The maximum absolute atomic E-state index is 9.79. The average molecular weight is 274 g/mol. The highest BCUT2D eigenvalue weighted by Crippen LogP contribution is 2.26. The molecule has 0 aliphatic rings. The third-order valence-electron chi connectivity index (χ3n) is 2.14. The van der Waals surface area contributed by atoms with Crippen LogP contribution >= 0.6 is 15.9 Å². The molecule has 0 atom stereocenters. The van der Waals surface area contributed by atoms with Gasteiger partial charge in [0.2, 0.25) is 0 Å². The number of aromatic hydroxyl groups is 1. The van der Waals surface area contributed by atoms with Crippen molar-refractivity contribution >= 4 is 15.9 Å². The fourth-order valence-corrected chi connectivity index (χ4v) is 1.96. The van der Waals surface area contributed by atoms with Crippen LogP contribution in [0.25, 0.3) is 0 Å². The van der Waals surface area contributed by atoms with Crippen molar-refractivity contribution in [1.82, 2.24) is 5.32 Å². The molecule has 0 aliphatic carbocycles. The number of nitrogens with one attached hydrogen (secondary N) is 1. The summed E-state index contributed by atoms with van der Waals surface area (Å²) in [6.45, 7) is 3.99. The Morgan fingerprint density at radius 2 is 2.20 bits per heavy atom. The standard InChI is InChI=1S/C11H16BrNO2/c1-8-5-10(12)6-9(11(8)14)7-13-3-4-15-2/h5-6,13-14H,3-4,7H2,1-2H3. The van der Waals surface area contributed by atoms with Gasteiger partial charge < -0.3 is 15.2 Å². The highest BCUT2D eigenvalue weighted by molar-refractivity contribution is 9.10. The van der Waals surface area contributed by atoms with Crippen LogP contribution in [-0.2, 0) is 11.3 Å². The summed E-state index contributed by atoms with van der Waals surface area (Å²) in [4.78, 5) is 0. The number of methoxy groups -OCH3 is 1. The van der Waals surface area contributed by atoms with Crippen LogP contribution in [0.4, 0.5) is 0 Å². The van der Waals surface area contributed by atoms with E-state index in [9.17, 15) is 5.11 Å². The van der Waals surface area contributed by atoms with E-state index >= 15 is 0 Å². The first kappa shape index (κ1) is 12.5. The molecule has 0 saturated heterocycles. The van der Waals surface area contributed by atoms with Crippen LogP contribution in [0.15, 0.2) is 16.6 Å². The van der Waals surface area contributed by atoms with Gasteiger partial charge in [0.25, 0.3) is 0 Å². The number of hydrogen-bond acceptors (Lipinski definition) is 3. The molecule has 15 heavy (non-hydrogen) atoms. The minimum Gasteiger partial charge on any atom is -0.507 e. The van der Waals surface area contributed by atoms with Gasteiger partial charge in [0.05, 0.1) is 6.61 Å². The van der Waals surface area contributed by atoms with Crippen LogP contribution in [0, 0.1) is 6.92 Å². The summed E-state index contributed by atoms with van der Waals surface area (Å²) in [6.07, 6.45) is 0. The van der Waals surface area contributed by atoms with E-state index in [-0.39, 0.29) is 0 Å². The minimum atomic E-state index is 0.364. The van der Waals surface area contributed by atoms with Gasteiger partial charge in [-0.25, -0.2) is 0 Å². The molecule has 0 amide bonds. The van der Waals surface area contributed by atoms with Crippen molar-refractivity contribution in [2.24, 2.45) is 0 Å². The van der Waals surface area contributed by atoms with Gasteiger partial charge >= 0.3 is 0 Å². The summed E-state index contributed by atoms with van der Waals surface area (Å²) in [5.74, 6) is 0.364. The summed E-state index contributed by atoms with van der Waals surface area (Å²) in [7, 11) is 1.67. The molecular weight excluding hydrogens is 258 g/mol. The van der Waals surface area contributed by atoms with Crippen LogP contribution in [-0.4, -0.2) is 25.4 Å². The lowest BCUT2D eigenvalue weighted by molar-refractivity contribution is 0.199. The number of halogens is 1. The van der Waals surface area contributed by atoms with E-state index in [1.54, 1.807) is 7.11 Å². The number of rotatable bonds is 5. The molecule has 0 bridgehead atoms. The van der Waals surface area contributed by atoms with Crippen molar-refractivity contribution in [2.45, 2.75) is 13.5 Å². The summed E-state index contributed by atoms with van der Waals surface area (Å²) in [6, 6.07) is 3.82. The quantitative estimate of drug-likeness (QED) is 0.809. The van der Waals surface area contributed by atoms with Gasteiger partial charge in [-0.15, -0.1) is 0 Å². The number of aryl methyl sites for hydroxylation is 1. The largest absolute Gasteiger partial charge is 0.507 e. The lowest BCUT2D eigenvalue weighted by Crippen LogP contribution is -2.18. The SMILES string of the molecule is COCCNCc1cc(Br)cc(C)c1O. The third kappa shape index (κ3) is 3.81. The van der Waals surface area contributed by atoms with Crippen molar-refractivity contribution in [1.29, 1.82) is 0 Å². The predicted octanol–water partition coefficient (Wildman–Crippen LogP) is 2.20. The van der Waals surface area contributed by atoms with E-state index in [1.807, 2.05) is 19.1 Å². The van der Waals surface area contributed by atoms with E-state index in [0.29, 0.717) is 18.9 Å². The Kier molecular flexibility index (Phi) is 5.08. The van der Waals surface area contributed by atoms with E-state index in [4.69, 9.17) is 4.74 Å². The number of ether oxygens (including phenoxy) is 1. The number of benzene rings is 1. The van der Waals surface area contributed by atoms with Gasteiger partial charge in [-0.1, -0.05) is 15.9 Å². The fraction of sp³-hybridized carbons (Fsp3) is 0.455. The first-order chi connectivity index (χ1) is 7.15. The Morgan fingerprint density at radius 3 is 2.87 bits per heavy atom. The highest BCUT2D eigenvalue weighted by Gasteiger charge is 2.05. The Bertz CT molecular complexity index is 329. The van der Waals surface area contributed by atoms with Crippen molar-refractivity contribution < 1.29 is 9.84 Å². The molecule has 0 aromatic heterocycles. The molecule has 0 fully saturated rings. The second kappa shape index (κ2) is 6.10. The lowest BCUT2D eigenvalue weighted by atomic mass is 10.1. The molecule has 1 aromatic rings. The van der Waals surface area contributed by atoms with Gasteiger partial charge in [0.15, 0.2) is 0 Å². The van der Waals surface area contributed by atoms with E-state index in [0.717, 1.165) is 22.1 Å². The molecule has 84 valence electrons. The van der Waals surface area contributed by atoms with Crippen molar-refractivity contribution in [3.05, 3.63) is 27.7 Å². The van der Waals surface area contributed by atoms with Gasteiger partial charge in [0, 0.05) is 30.2 Å². The molecule has 0 spiro atoms. The zero-order valence-corrected chi connectivity index (χ0v) is 10.6. The maximum atomic E-state index is 9.79.